The Morgan fingerprint density at radius 2 is 2.20 bits per heavy atom. The van der Waals surface area contributed by atoms with Gasteiger partial charge in [0.15, 0.2) is 5.25 Å². The molecule has 0 aromatic carbocycles. The number of hydrogen-bond acceptors (Lipinski definition) is 4. The third kappa shape index (κ3) is 1.50. The summed E-state index contributed by atoms with van der Waals surface area (Å²) in [6.07, 6.45) is 0.238. The number of rotatable bonds is 1. The van der Waals surface area contributed by atoms with E-state index in [2.05, 4.69) is 0 Å². The fourth-order valence-corrected chi connectivity index (χ4v) is 2.98. The van der Waals surface area contributed by atoms with Crippen LogP contribution in [0.3, 0.4) is 0 Å². The van der Waals surface area contributed by atoms with Gasteiger partial charge in [0.25, 0.3) is 10.1 Å². The van der Waals surface area contributed by atoms with Crippen LogP contribution in [0.5, 0.6) is 0 Å². The van der Waals surface area contributed by atoms with E-state index in [1.165, 1.54) is 0 Å². The van der Waals surface area contributed by atoms with Crippen LogP contribution in [0.1, 0.15) is 6.42 Å². The van der Waals surface area contributed by atoms with Crippen molar-refractivity contribution in [3.8, 4) is 0 Å². The number of carbonyl (C=O) groups excluding carboxylic acids is 1. The highest BCUT2D eigenvalue weighted by atomic mass is 32.2. The van der Waals surface area contributed by atoms with Gasteiger partial charge in [0, 0.05) is 5.75 Å². The van der Waals surface area contributed by atoms with Crippen molar-refractivity contribution in [3.05, 3.63) is 0 Å². The second-order valence-electron chi connectivity index (χ2n) is 1.96. The molecule has 1 saturated heterocycles. The topological polar surface area (TPSA) is 71.4 Å². The molecule has 4 nitrogen and oxygen atoms in total. The molecule has 10 heavy (non-hydrogen) atoms. The standard InChI is InChI=1S/C4H6O4S2/c5-4-3(1-2-9-4)10(6,7)8/h3H,1-2H2,(H,6,7,8). The average Bonchev–Trinajstić information content (AvgIpc) is 2.11. The Balaban J connectivity index is 2.84. The smallest absolute Gasteiger partial charge is 0.275 e. The molecule has 1 atom stereocenters. The summed E-state index contributed by atoms with van der Waals surface area (Å²) in [6, 6.07) is 0. The maximum atomic E-state index is 10.6. The minimum atomic E-state index is -4.12. The minimum Gasteiger partial charge on any atom is -0.286 e. The van der Waals surface area contributed by atoms with Gasteiger partial charge in [-0.25, -0.2) is 0 Å². The van der Waals surface area contributed by atoms with E-state index in [9.17, 15) is 13.2 Å². The molecule has 0 aromatic rings. The molecule has 6 heteroatoms. The molecule has 0 radical (unpaired) electrons. The van der Waals surface area contributed by atoms with Crippen molar-refractivity contribution in [1.29, 1.82) is 0 Å². The number of hydrogen-bond donors (Lipinski definition) is 1. The van der Waals surface area contributed by atoms with E-state index in [-0.39, 0.29) is 6.42 Å². The second-order valence-corrected chi connectivity index (χ2v) is 4.66. The van der Waals surface area contributed by atoms with E-state index >= 15 is 0 Å². The van der Waals surface area contributed by atoms with Crippen LogP contribution in [0.2, 0.25) is 0 Å². The highest BCUT2D eigenvalue weighted by molar-refractivity contribution is 8.15. The molecule has 1 heterocycles. The first-order valence-electron chi connectivity index (χ1n) is 2.65. The molecule has 0 aromatic heterocycles. The van der Waals surface area contributed by atoms with Crippen molar-refractivity contribution >= 4 is 27.0 Å². The fourth-order valence-electron chi connectivity index (χ4n) is 0.748. The lowest BCUT2D eigenvalue weighted by Crippen LogP contribution is -2.23. The van der Waals surface area contributed by atoms with Crippen LogP contribution >= 0.6 is 11.8 Å². The molecule has 0 amide bonds. The van der Waals surface area contributed by atoms with Gasteiger partial charge in [-0.15, -0.1) is 0 Å². The lowest BCUT2D eigenvalue weighted by atomic mass is 10.4. The van der Waals surface area contributed by atoms with E-state index in [1.54, 1.807) is 0 Å². The first kappa shape index (κ1) is 8.03. The Bertz CT molecular complexity index is 242. The minimum absolute atomic E-state index is 0.238. The summed E-state index contributed by atoms with van der Waals surface area (Å²) in [5, 5.41) is -1.61. The third-order valence-electron chi connectivity index (χ3n) is 1.25. The van der Waals surface area contributed by atoms with Crippen molar-refractivity contribution in [2.45, 2.75) is 11.7 Å². The first-order valence-corrected chi connectivity index (χ1v) is 5.13. The molecular formula is C4H6O4S2. The van der Waals surface area contributed by atoms with E-state index in [1.807, 2.05) is 0 Å². The van der Waals surface area contributed by atoms with E-state index in [0.717, 1.165) is 11.8 Å². The van der Waals surface area contributed by atoms with Crippen LogP contribution in [0.15, 0.2) is 0 Å². The SMILES string of the molecule is O=C1SCCC1S(=O)(=O)O. The summed E-state index contributed by atoms with van der Waals surface area (Å²) < 4.78 is 29.2. The summed E-state index contributed by atoms with van der Waals surface area (Å²) in [6.45, 7) is 0. The summed E-state index contributed by atoms with van der Waals surface area (Å²) in [5.74, 6) is 0.489. The van der Waals surface area contributed by atoms with Gasteiger partial charge in [0.05, 0.1) is 0 Å². The Hall–Kier alpha value is -0.0700. The van der Waals surface area contributed by atoms with Gasteiger partial charge < -0.3 is 0 Å². The van der Waals surface area contributed by atoms with E-state index in [4.69, 9.17) is 4.55 Å². The predicted octanol–water partition coefficient (Wildman–Crippen LogP) is -0.0937. The molecule has 1 rings (SSSR count). The van der Waals surface area contributed by atoms with Crippen LogP contribution in [0, 0.1) is 0 Å². The summed E-state index contributed by atoms with van der Waals surface area (Å²) in [4.78, 5) is 10.6. The Morgan fingerprint density at radius 3 is 2.40 bits per heavy atom. The molecule has 0 aliphatic carbocycles. The number of thioether (sulfide) groups is 1. The molecule has 1 aliphatic heterocycles. The zero-order chi connectivity index (χ0) is 7.78. The molecule has 1 N–H and O–H groups in total. The van der Waals surface area contributed by atoms with Crippen LogP contribution in [-0.4, -0.2) is 29.1 Å². The van der Waals surface area contributed by atoms with Crippen LogP contribution in [-0.2, 0) is 14.9 Å². The molecule has 1 unspecified atom stereocenters. The largest absolute Gasteiger partial charge is 0.286 e. The molecular weight excluding hydrogens is 176 g/mol. The van der Waals surface area contributed by atoms with Crippen molar-refractivity contribution in [3.63, 3.8) is 0 Å². The monoisotopic (exact) mass is 182 g/mol. The normalized spacial score (nSPS) is 27.3. The van der Waals surface area contributed by atoms with Crippen LogP contribution in [0.25, 0.3) is 0 Å². The quantitative estimate of drug-likeness (QED) is 0.574. The summed E-state index contributed by atoms with van der Waals surface area (Å²) in [7, 11) is -4.12. The van der Waals surface area contributed by atoms with Crippen LogP contribution in [0.4, 0.5) is 0 Å². The van der Waals surface area contributed by atoms with Gasteiger partial charge in [0.1, 0.15) is 0 Å². The van der Waals surface area contributed by atoms with E-state index < -0.39 is 20.5 Å². The van der Waals surface area contributed by atoms with E-state index in [0.29, 0.717) is 5.75 Å². The van der Waals surface area contributed by atoms with Crippen molar-refractivity contribution in [2.75, 3.05) is 5.75 Å². The molecule has 1 aliphatic rings. The zero-order valence-electron chi connectivity index (χ0n) is 4.98. The van der Waals surface area contributed by atoms with Crippen molar-refractivity contribution in [2.24, 2.45) is 0 Å². The van der Waals surface area contributed by atoms with Gasteiger partial charge in [-0.3, -0.25) is 9.35 Å². The van der Waals surface area contributed by atoms with Crippen molar-refractivity contribution in [1.82, 2.24) is 0 Å². The van der Waals surface area contributed by atoms with Gasteiger partial charge in [0.2, 0.25) is 5.12 Å². The molecule has 1 fully saturated rings. The molecule has 0 bridgehead atoms. The highest BCUT2D eigenvalue weighted by Gasteiger charge is 2.35. The van der Waals surface area contributed by atoms with Crippen LogP contribution < -0.4 is 0 Å². The second kappa shape index (κ2) is 2.52. The first-order chi connectivity index (χ1) is 4.52. The van der Waals surface area contributed by atoms with Gasteiger partial charge in [-0.1, -0.05) is 11.8 Å². The third-order valence-corrected chi connectivity index (χ3v) is 3.57. The Labute approximate surface area is 62.7 Å². The van der Waals surface area contributed by atoms with Crippen molar-refractivity contribution < 1.29 is 17.8 Å². The number of carbonyl (C=O) groups is 1. The Morgan fingerprint density at radius 1 is 1.60 bits per heavy atom. The zero-order valence-corrected chi connectivity index (χ0v) is 6.61. The predicted molar refractivity (Wildman–Crippen MR) is 37.4 cm³/mol. The highest BCUT2D eigenvalue weighted by Crippen LogP contribution is 2.24. The van der Waals surface area contributed by atoms with Gasteiger partial charge in [-0.05, 0) is 6.42 Å². The fraction of sp³-hybridized carbons (Fsp3) is 0.750. The maximum Gasteiger partial charge on any atom is 0.275 e. The summed E-state index contributed by atoms with van der Waals surface area (Å²) >= 11 is 0.954. The lowest BCUT2D eigenvalue weighted by Gasteiger charge is -1.99. The average molecular weight is 182 g/mol. The lowest BCUT2D eigenvalue weighted by molar-refractivity contribution is -0.110. The maximum absolute atomic E-state index is 10.6. The molecule has 0 saturated carbocycles. The van der Waals surface area contributed by atoms with Gasteiger partial charge in [-0.2, -0.15) is 8.42 Å². The Kier molecular flexibility index (Phi) is 2.02. The molecule has 58 valence electrons. The van der Waals surface area contributed by atoms with Gasteiger partial charge >= 0.3 is 0 Å². The molecule has 0 spiro atoms. The summed E-state index contributed by atoms with van der Waals surface area (Å²) in [5.41, 5.74) is 0.